The van der Waals surface area contributed by atoms with Crippen LogP contribution in [0.4, 0.5) is 5.69 Å². The largest absolute Gasteiger partial charge is 0.506 e. The van der Waals surface area contributed by atoms with Crippen molar-refractivity contribution < 1.29 is 24.5 Å². The van der Waals surface area contributed by atoms with Crippen LogP contribution in [0.3, 0.4) is 0 Å². The van der Waals surface area contributed by atoms with Crippen molar-refractivity contribution in [3.8, 4) is 11.5 Å². The van der Waals surface area contributed by atoms with Crippen LogP contribution in [0.2, 0.25) is 5.02 Å². The number of ether oxygens (including phenoxy) is 1. The second kappa shape index (κ2) is 8.21. The number of hydrogen-bond acceptors (Lipinski definition) is 4. The van der Waals surface area contributed by atoms with E-state index in [4.69, 9.17) is 21.4 Å². The minimum absolute atomic E-state index is 0.0746. The molecule has 0 heterocycles. The van der Waals surface area contributed by atoms with Gasteiger partial charge in [0.15, 0.2) is 0 Å². The SMILES string of the molecule is O=C(O)Cc1ccc(O)c(NC(=O)CCOc2ccc(Cl)cc2)c1. The van der Waals surface area contributed by atoms with E-state index in [1.807, 2.05) is 0 Å². The number of nitrogens with one attached hydrogen (secondary N) is 1. The van der Waals surface area contributed by atoms with E-state index in [0.29, 0.717) is 16.3 Å². The third kappa shape index (κ3) is 5.48. The molecule has 0 bridgehead atoms. The maximum atomic E-state index is 11.9. The Balaban J connectivity index is 1.87. The summed E-state index contributed by atoms with van der Waals surface area (Å²) in [4.78, 5) is 22.6. The van der Waals surface area contributed by atoms with Gasteiger partial charge in [-0.05, 0) is 42.0 Å². The molecule has 0 atom stereocenters. The highest BCUT2D eigenvalue weighted by Crippen LogP contribution is 2.24. The molecule has 126 valence electrons. The van der Waals surface area contributed by atoms with Gasteiger partial charge in [0.2, 0.25) is 5.91 Å². The first-order valence-corrected chi connectivity index (χ1v) is 7.54. The van der Waals surface area contributed by atoms with Crippen molar-refractivity contribution in [2.24, 2.45) is 0 Å². The summed E-state index contributed by atoms with van der Waals surface area (Å²) in [6.07, 6.45) is -0.117. The van der Waals surface area contributed by atoms with Crippen molar-refractivity contribution in [1.29, 1.82) is 0 Å². The van der Waals surface area contributed by atoms with Gasteiger partial charge >= 0.3 is 5.97 Å². The quantitative estimate of drug-likeness (QED) is 0.667. The van der Waals surface area contributed by atoms with Crippen molar-refractivity contribution in [2.45, 2.75) is 12.8 Å². The van der Waals surface area contributed by atoms with E-state index in [2.05, 4.69) is 5.32 Å². The number of carbonyl (C=O) groups excluding carboxylic acids is 1. The Morgan fingerprint density at radius 1 is 1.12 bits per heavy atom. The second-order valence-corrected chi connectivity index (χ2v) is 5.46. The Morgan fingerprint density at radius 2 is 1.83 bits per heavy atom. The molecule has 2 aromatic rings. The fourth-order valence-electron chi connectivity index (χ4n) is 1.97. The van der Waals surface area contributed by atoms with Gasteiger partial charge in [0.1, 0.15) is 11.5 Å². The monoisotopic (exact) mass is 349 g/mol. The Kier molecular flexibility index (Phi) is 6.03. The smallest absolute Gasteiger partial charge is 0.307 e. The zero-order chi connectivity index (χ0) is 17.5. The summed E-state index contributed by atoms with van der Waals surface area (Å²) in [7, 11) is 0. The van der Waals surface area contributed by atoms with E-state index in [-0.39, 0.29) is 36.8 Å². The fourth-order valence-corrected chi connectivity index (χ4v) is 2.10. The summed E-state index contributed by atoms with van der Waals surface area (Å²) in [5, 5.41) is 21.6. The molecule has 6 nitrogen and oxygen atoms in total. The normalized spacial score (nSPS) is 10.2. The molecule has 2 rings (SSSR count). The Hall–Kier alpha value is -2.73. The molecule has 0 aliphatic rings. The first kappa shape index (κ1) is 17.6. The van der Waals surface area contributed by atoms with E-state index in [9.17, 15) is 14.7 Å². The highest BCUT2D eigenvalue weighted by Gasteiger charge is 2.09. The number of phenolic OH excluding ortho intramolecular Hbond substituents is 1. The lowest BCUT2D eigenvalue weighted by atomic mass is 10.1. The number of hydrogen-bond donors (Lipinski definition) is 3. The van der Waals surface area contributed by atoms with Crippen molar-refractivity contribution in [1.82, 2.24) is 0 Å². The molecule has 24 heavy (non-hydrogen) atoms. The molecule has 2 aromatic carbocycles. The molecular weight excluding hydrogens is 334 g/mol. The number of rotatable bonds is 7. The zero-order valence-electron chi connectivity index (χ0n) is 12.7. The van der Waals surface area contributed by atoms with E-state index < -0.39 is 5.97 Å². The molecule has 0 aromatic heterocycles. The molecule has 0 spiro atoms. The van der Waals surface area contributed by atoms with Gasteiger partial charge in [-0.25, -0.2) is 0 Å². The standard InChI is InChI=1S/C17H16ClNO5/c18-12-2-4-13(5-3-12)24-8-7-16(21)19-14-9-11(10-17(22)23)1-6-15(14)20/h1-6,9,20H,7-8,10H2,(H,19,21)(H,22,23). The number of anilines is 1. The Bertz CT molecular complexity index is 730. The van der Waals surface area contributed by atoms with Gasteiger partial charge in [0.25, 0.3) is 0 Å². The molecule has 0 fully saturated rings. The van der Waals surface area contributed by atoms with Crippen molar-refractivity contribution in [3.63, 3.8) is 0 Å². The summed E-state index contributed by atoms with van der Waals surface area (Å²) < 4.78 is 5.42. The number of aliphatic carboxylic acids is 1. The van der Waals surface area contributed by atoms with Crippen LogP contribution in [0.15, 0.2) is 42.5 Å². The highest BCUT2D eigenvalue weighted by atomic mass is 35.5. The van der Waals surface area contributed by atoms with Gasteiger partial charge in [0.05, 0.1) is 25.1 Å². The Morgan fingerprint density at radius 3 is 2.50 bits per heavy atom. The predicted molar refractivity (Wildman–Crippen MR) is 89.6 cm³/mol. The summed E-state index contributed by atoms with van der Waals surface area (Å²) in [6, 6.07) is 11.0. The van der Waals surface area contributed by atoms with Crippen LogP contribution in [0.25, 0.3) is 0 Å². The van der Waals surface area contributed by atoms with Gasteiger partial charge in [-0.3, -0.25) is 9.59 Å². The number of carboxylic acid groups (broad SMARTS) is 1. The average molecular weight is 350 g/mol. The van der Waals surface area contributed by atoms with Crippen LogP contribution in [-0.4, -0.2) is 28.7 Å². The lowest BCUT2D eigenvalue weighted by molar-refractivity contribution is -0.136. The summed E-state index contributed by atoms with van der Waals surface area (Å²) >= 11 is 5.77. The lowest BCUT2D eigenvalue weighted by Crippen LogP contribution is -2.15. The van der Waals surface area contributed by atoms with Crippen molar-refractivity contribution in [2.75, 3.05) is 11.9 Å². The fraction of sp³-hybridized carbons (Fsp3) is 0.176. The van der Waals surface area contributed by atoms with Crippen molar-refractivity contribution in [3.05, 3.63) is 53.1 Å². The van der Waals surface area contributed by atoms with Crippen LogP contribution in [-0.2, 0) is 16.0 Å². The average Bonchev–Trinajstić information content (AvgIpc) is 2.52. The molecule has 0 aliphatic carbocycles. The van der Waals surface area contributed by atoms with Gasteiger partial charge in [-0.1, -0.05) is 17.7 Å². The molecule has 0 aliphatic heterocycles. The van der Waals surface area contributed by atoms with E-state index in [1.54, 1.807) is 24.3 Å². The van der Waals surface area contributed by atoms with Crippen LogP contribution < -0.4 is 10.1 Å². The number of carbonyl (C=O) groups is 2. The number of benzene rings is 2. The van der Waals surface area contributed by atoms with Crippen molar-refractivity contribution >= 4 is 29.2 Å². The van der Waals surface area contributed by atoms with Crippen LogP contribution in [0, 0.1) is 0 Å². The molecule has 0 radical (unpaired) electrons. The summed E-state index contributed by atoms with van der Waals surface area (Å²) in [5.41, 5.74) is 0.651. The van der Waals surface area contributed by atoms with Crippen LogP contribution >= 0.6 is 11.6 Å². The van der Waals surface area contributed by atoms with Crippen LogP contribution in [0.5, 0.6) is 11.5 Å². The molecule has 3 N–H and O–H groups in total. The minimum atomic E-state index is -0.991. The van der Waals surface area contributed by atoms with E-state index >= 15 is 0 Å². The zero-order valence-corrected chi connectivity index (χ0v) is 13.4. The number of phenols is 1. The maximum Gasteiger partial charge on any atom is 0.307 e. The molecule has 0 unspecified atom stereocenters. The molecule has 1 amide bonds. The predicted octanol–water partition coefficient (Wildman–Crippen LogP) is 3.08. The van der Waals surface area contributed by atoms with Gasteiger partial charge in [-0.2, -0.15) is 0 Å². The first-order valence-electron chi connectivity index (χ1n) is 7.16. The summed E-state index contributed by atoms with van der Waals surface area (Å²) in [6.45, 7) is 0.156. The first-order chi connectivity index (χ1) is 11.4. The number of amides is 1. The maximum absolute atomic E-state index is 11.9. The number of halogens is 1. The third-order valence-electron chi connectivity index (χ3n) is 3.10. The second-order valence-electron chi connectivity index (χ2n) is 5.02. The van der Waals surface area contributed by atoms with E-state index in [0.717, 1.165) is 0 Å². The van der Waals surface area contributed by atoms with Crippen LogP contribution in [0.1, 0.15) is 12.0 Å². The van der Waals surface area contributed by atoms with Gasteiger partial charge in [-0.15, -0.1) is 0 Å². The third-order valence-corrected chi connectivity index (χ3v) is 3.35. The molecule has 0 saturated carbocycles. The molecule has 7 heteroatoms. The topological polar surface area (TPSA) is 95.9 Å². The lowest BCUT2D eigenvalue weighted by Gasteiger charge is -2.10. The minimum Gasteiger partial charge on any atom is -0.506 e. The Labute approximate surface area is 143 Å². The highest BCUT2D eigenvalue weighted by molar-refractivity contribution is 6.30. The molecule has 0 saturated heterocycles. The van der Waals surface area contributed by atoms with Gasteiger partial charge < -0.3 is 20.3 Å². The summed E-state index contributed by atoms with van der Waals surface area (Å²) in [5.74, 6) is -0.879. The number of carboxylic acids is 1. The van der Waals surface area contributed by atoms with Gasteiger partial charge in [0, 0.05) is 5.02 Å². The number of aromatic hydroxyl groups is 1. The molecular formula is C17H16ClNO5. The van der Waals surface area contributed by atoms with E-state index in [1.165, 1.54) is 18.2 Å².